The monoisotopic (exact) mass is 291 g/mol. The number of carboxylic acids is 1. The van der Waals surface area contributed by atoms with Crippen LogP contribution in [-0.4, -0.2) is 35.9 Å². The molecule has 0 aromatic carbocycles. The van der Waals surface area contributed by atoms with Crippen molar-refractivity contribution in [1.82, 2.24) is 24.8 Å². The van der Waals surface area contributed by atoms with Crippen LogP contribution >= 0.6 is 0 Å². The molecule has 0 fully saturated rings. The zero-order valence-electron chi connectivity index (χ0n) is 9.81. The summed E-state index contributed by atoms with van der Waals surface area (Å²) in [4.78, 5) is 25.3. The van der Waals surface area contributed by atoms with E-state index in [2.05, 4.69) is 15.2 Å². The topological polar surface area (TPSA) is 113 Å². The summed E-state index contributed by atoms with van der Waals surface area (Å²) < 4.78 is 37.8. The second-order valence-corrected chi connectivity index (χ2v) is 3.90. The van der Waals surface area contributed by atoms with Crippen molar-refractivity contribution in [3.05, 3.63) is 21.9 Å². The fourth-order valence-electron chi connectivity index (χ4n) is 1.51. The average molecular weight is 291 g/mol. The molecule has 0 saturated carbocycles. The Morgan fingerprint density at radius 1 is 1.35 bits per heavy atom. The first-order valence-electron chi connectivity index (χ1n) is 5.42. The SMILES string of the molecule is O=C(O)CCCc1nnc2nc(C(F)(F)F)[nH]n2c1=O. The van der Waals surface area contributed by atoms with Crippen LogP contribution in [-0.2, 0) is 17.4 Å². The summed E-state index contributed by atoms with van der Waals surface area (Å²) in [6.45, 7) is 0. The molecule has 0 bridgehead atoms. The van der Waals surface area contributed by atoms with Gasteiger partial charge in [-0.05, 0) is 12.8 Å². The number of fused-ring (bicyclic) bond motifs is 1. The maximum Gasteiger partial charge on any atom is 0.451 e. The molecular formula is C9H8F3N5O3. The van der Waals surface area contributed by atoms with Crippen LogP contribution < -0.4 is 5.56 Å². The quantitative estimate of drug-likeness (QED) is 0.834. The van der Waals surface area contributed by atoms with Crippen molar-refractivity contribution >= 4 is 11.7 Å². The molecule has 20 heavy (non-hydrogen) atoms. The van der Waals surface area contributed by atoms with Crippen LogP contribution in [0.3, 0.4) is 0 Å². The van der Waals surface area contributed by atoms with Crippen LogP contribution in [0, 0.1) is 0 Å². The maximum atomic E-state index is 12.4. The van der Waals surface area contributed by atoms with Gasteiger partial charge in [-0.2, -0.15) is 22.7 Å². The third-order valence-electron chi connectivity index (χ3n) is 2.41. The first-order valence-corrected chi connectivity index (χ1v) is 5.42. The molecule has 0 aliphatic carbocycles. The van der Waals surface area contributed by atoms with Gasteiger partial charge in [-0.1, -0.05) is 0 Å². The summed E-state index contributed by atoms with van der Waals surface area (Å²) in [6.07, 6.45) is -4.78. The lowest BCUT2D eigenvalue weighted by molar-refractivity contribution is -0.144. The minimum atomic E-state index is -4.73. The highest BCUT2D eigenvalue weighted by Crippen LogP contribution is 2.25. The maximum absolute atomic E-state index is 12.4. The van der Waals surface area contributed by atoms with Crippen LogP contribution in [0.4, 0.5) is 13.2 Å². The molecule has 2 aromatic rings. The van der Waals surface area contributed by atoms with Gasteiger partial charge >= 0.3 is 12.1 Å². The summed E-state index contributed by atoms with van der Waals surface area (Å²) in [6, 6.07) is 0. The number of halogens is 3. The number of aliphatic carboxylic acids is 1. The van der Waals surface area contributed by atoms with Gasteiger partial charge in [0.2, 0.25) is 5.82 Å². The molecule has 0 saturated heterocycles. The van der Waals surface area contributed by atoms with Crippen LogP contribution in [0.15, 0.2) is 4.79 Å². The smallest absolute Gasteiger partial charge is 0.451 e. The Morgan fingerprint density at radius 3 is 2.65 bits per heavy atom. The highest BCUT2D eigenvalue weighted by atomic mass is 19.4. The molecule has 2 N–H and O–H groups in total. The van der Waals surface area contributed by atoms with Gasteiger partial charge in [0.05, 0.1) is 0 Å². The summed E-state index contributed by atoms with van der Waals surface area (Å²) in [5.74, 6) is -2.89. The second kappa shape index (κ2) is 4.90. The molecule has 0 radical (unpaired) electrons. The lowest BCUT2D eigenvalue weighted by Crippen LogP contribution is -2.22. The number of hydrogen-bond donors (Lipinski definition) is 2. The van der Waals surface area contributed by atoms with Gasteiger partial charge in [0.15, 0.2) is 0 Å². The summed E-state index contributed by atoms with van der Waals surface area (Å²) >= 11 is 0. The Morgan fingerprint density at radius 2 is 2.05 bits per heavy atom. The number of nitrogens with zero attached hydrogens (tertiary/aromatic N) is 4. The van der Waals surface area contributed by atoms with Crippen LogP contribution in [0.25, 0.3) is 5.78 Å². The van der Waals surface area contributed by atoms with E-state index in [1.807, 2.05) is 0 Å². The van der Waals surface area contributed by atoms with Crippen molar-refractivity contribution in [3.8, 4) is 0 Å². The number of carboxylic acid groups (broad SMARTS) is 1. The molecular weight excluding hydrogens is 283 g/mol. The summed E-state index contributed by atoms with van der Waals surface area (Å²) in [7, 11) is 0. The van der Waals surface area contributed by atoms with Crippen molar-refractivity contribution in [2.45, 2.75) is 25.4 Å². The molecule has 0 amide bonds. The number of aromatic nitrogens is 5. The van der Waals surface area contributed by atoms with Crippen molar-refractivity contribution in [3.63, 3.8) is 0 Å². The number of carbonyl (C=O) groups is 1. The summed E-state index contributed by atoms with van der Waals surface area (Å²) in [5, 5.41) is 17.1. The largest absolute Gasteiger partial charge is 0.481 e. The van der Waals surface area contributed by atoms with Gasteiger partial charge in [-0.3, -0.25) is 14.7 Å². The van der Waals surface area contributed by atoms with E-state index in [-0.39, 0.29) is 25.0 Å². The molecule has 2 rings (SSSR count). The second-order valence-electron chi connectivity index (χ2n) is 3.90. The minimum Gasteiger partial charge on any atom is -0.481 e. The van der Waals surface area contributed by atoms with E-state index < -0.39 is 29.3 Å². The Labute approximate surface area is 108 Å². The number of nitrogens with one attached hydrogen (secondary N) is 1. The van der Waals surface area contributed by atoms with E-state index in [9.17, 15) is 22.8 Å². The van der Waals surface area contributed by atoms with Crippen LogP contribution in [0.1, 0.15) is 24.4 Å². The molecule has 0 aliphatic heterocycles. The molecule has 108 valence electrons. The molecule has 0 spiro atoms. The Kier molecular flexibility index (Phi) is 3.42. The van der Waals surface area contributed by atoms with Gasteiger partial charge in [-0.25, -0.2) is 0 Å². The van der Waals surface area contributed by atoms with Crippen molar-refractivity contribution in [1.29, 1.82) is 0 Å². The van der Waals surface area contributed by atoms with Crippen LogP contribution in [0.5, 0.6) is 0 Å². The predicted molar refractivity (Wildman–Crippen MR) is 57.0 cm³/mol. The van der Waals surface area contributed by atoms with E-state index in [0.29, 0.717) is 4.52 Å². The fraction of sp³-hybridized carbons (Fsp3) is 0.444. The first-order chi connectivity index (χ1) is 9.29. The third kappa shape index (κ3) is 2.75. The van der Waals surface area contributed by atoms with E-state index >= 15 is 0 Å². The van der Waals surface area contributed by atoms with Crippen molar-refractivity contribution < 1.29 is 23.1 Å². The van der Waals surface area contributed by atoms with Gasteiger partial charge in [-0.15, -0.1) is 10.2 Å². The number of alkyl halides is 3. The van der Waals surface area contributed by atoms with Gasteiger partial charge in [0.25, 0.3) is 11.3 Å². The normalized spacial score (nSPS) is 11.9. The van der Waals surface area contributed by atoms with Crippen LogP contribution in [0.2, 0.25) is 0 Å². The first kappa shape index (κ1) is 14.0. The number of aromatic amines is 1. The highest BCUT2D eigenvalue weighted by molar-refractivity contribution is 5.66. The number of H-pyrrole nitrogens is 1. The highest BCUT2D eigenvalue weighted by Gasteiger charge is 2.35. The average Bonchev–Trinajstić information content (AvgIpc) is 2.76. The number of aryl methyl sites for hydroxylation is 1. The van der Waals surface area contributed by atoms with Crippen molar-refractivity contribution in [2.24, 2.45) is 0 Å². The Balaban J connectivity index is 2.33. The molecule has 2 aromatic heterocycles. The van der Waals surface area contributed by atoms with Gasteiger partial charge in [0.1, 0.15) is 5.69 Å². The predicted octanol–water partition coefficient (Wildman–Crippen LogP) is 0.239. The zero-order valence-corrected chi connectivity index (χ0v) is 9.81. The zero-order chi connectivity index (χ0) is 14.9. The molecule has 0 unspecified atom stereocenters. The van der Waals surface area contributed by atoms with E-state index in [1.54, 1.807) is 5.10 Å². The molecule has 8 nitrogen and oxygen atoms in total. The van der Waals surface area contributed by atoms with Gasteiger partial charge < -0.3 is 5.11 Å². The molecule has 11 heteroatoms. The minimum absolute atomic E-state index is 0.00143. The molecule has 2 heterocycles. The summed E-state index contributed by atoms with van der Waals surface area (Å²) in [5.41, 5.74) is -0.954. The number of rotatable bonds is 4. The van der Waals surface area contributed by atoms with E-state index in [0.717, 1.165) is 0 Å². The molecule has 0 atom stereocenters. The van der Waals surface area contributed by atoms with Crippen molar-refractivity contribution in [2.75, 3.05) is 0 Å². The standard InChI is InChI=1S/C9H8F3N5O3/c10-9(11,12)7-13-8-15-14-4(2-1-3-5(18)19)6(20)17(8)16-7/h1-3H2,(H,18,19)(H,13,15,16). The van der Waals surface area contributed by atoms with E-state index in [4.69, 9.17) is 5.11 Å². The lowest BCUT2D eigenvalue weighted by atomic mass is 10.2. The third-order valence-corrected chi connectivity index (χ3v) is 2.41. The molecule has 0 aliphatic rings. The fourth-order valence-corrected chi connectivity index (χ4v) is 1.51. The Hall–Kier alpha value is -2.46. The van der Waals surface area contributed by atoms with Gasteiger partial charge in [0, 0.05) is 6.42 Å². The Bertz CT molecular complexity index is 705. The van der Waals surface area contributed by atoms with E-state index in [1.165, 1.54) is 0 Å². The number of hydrogen-bond acceptors (Lipinski definition) is 5. The lowest BCUT2D eigenvalue weighted by Gasteiger charge is -1.99.